The van der Waals surface area contributed by atoms with Crippen molar-refractivity contribution in [1.29, 1.82) is 0 Å². The fraction of sp³-hybridized carbons (Fsp3) is 0.769. The molecule has 0 spiro atoms. The van der Waals surface area contributed by atoms with E-state index in [0.717, 1.165) is 0 Å². The molecule has 0 aromatic carbocycles. The fourth-order valence-electron chi connectivity index (χ4n) is 1.90. The van der Waals surface area contributed by atoms with E-state index < -0.39 is 23.8 Å². The standard InChI is InChI=1S/C13H22O6/c14-11(15)8-3-1-2-6-10(13(18)19)7-4-5-9-12(16)17/h10H,1-9H2,(H,14,15)(H,16,17)(H,18,19). The van der Waals surface area contributed by atoms with Gasteiger partial charge >= 0.3 is 17.9 Å². The first-order valence-electron chi connectivity index (χ1n) is 6.60. The van der Waals surface area contributed by atoms with Crippen molar-refractivity contribution in [3.05, 3.63) is 0 Å². The Morgan fingerprint density at radius 2 is 1.11 bits per heavy atom. The summed E-state index contributed by atoms with van der Waals surface area (Å²) in [6.45, 7) is 0. The van der Waals surface area contributed by atoms with Crippen molar-refractivity contribution in [3.63, 3.8) is 0 Å². The Labute approximate surface area is 112 Å². The van der Waals surface area contributed by atoms with Gasteiger partial charge in [-0.05, 0) is 25.7 Å². The largest absolute Gasteiger partial charge is 0.481 e. The third kappa shape index (κ3) is 11.2. The first-order valence-corrected chi connectivity index (χ1v) is 6.60. The summed E-state index contributed by atoms with van der Waals surface area (Å²) < 4.78 is 0. The molecule has 0 aromatic rings. The lowest BCUT2D eigenvalue weighted by Crippen LogP contribution is -2.13. The zero-order valence-electron chi connectivity index (χ0n) is 11.0. The molecule has 0 radical (unpaired) electrons. The summed E-state index contributed by atoms with van der Waals surface area (Å²) >= 11 is 0. The second kappa shape index (κ2) is 10.3. The Kier molecular flexibility index (Phi) is 9.48. The Morgan fingerprint density at radius 1 is 0.684 bits per heavy atom. The zero-order valence-corrected chi connectivity index (χ0v) is 11.0. The average molecular weight is 274 g/mol. The van der Waals surface area contributed by atoms with E-state index in [2.05, 4.69) is 0 Å². The third-order valence-corrected chi connectivity index (χ3v) is 2.99. The number of carbonyl (C=O) groups is 3. The molecule has 0 saturated heterocycles. The molecule has 0 aliphatic carbocycles. The molecule has 0 fully saturated rings. The van der Waals surface area contributed by atoms with Crippen LogP contribution in [0.15, 0.2) is 0 Å². The number of hydrogen-bond donors (Lipinski definition) is 3. The highest BCUT2D eigenvalue weighted by molar-refractivity contribution is 5.70. The normalized spacial score (nSPS) is 12.0. The lowest BCUT2D eigenvalue weighted by Gasteiger charge is -2.11. The van der Waals surface area contributed by atoms with Crippen molar-refractivity contribution in [1.82, 2.24) is 0 Å². The van der Waals surface area contributed by atoms with Crippen molar-refractivity contribution in [2.75, 3.05) is 0 Å². The van der Waals surface area contributed by atoms with Crippen LogP contribution in [0.1, 0.15) is 57.8 Å². The molecule has 1 atom stereocenters. The molecule has 0 aliphatic heterocycles. The summed E-state index contributed by atoms with van der Waals surface area (Å²) in [5, 5.41) is 25.9. The van der Waals surface area contributed by atoms with Crippen LogP contribution < -0.4 is 0 Å². The summed E-state index contributed by atoms with van der Waals surface area (Å²) in [5.74, 6) is -2.99. The summed E-state index contributed by atoms with van der Waals surface area (Å²) in [7, 11) is 0. The zero-order chi connectivity index (χ0) is 14.7. The minimum Gasteiger partial charge on any atom is -0.481 e. The van der Waals surface area contributed by atoms with E-state index in [-0.39, 0.29) is 12.8 Å². The van der Waals surface area contributed by atoms with Gasteiger partial charge in [0.25, 0.3) is 0 Å². The summed E-state index contributed by atoms with van der Waals surface area (Å²) in [6, 6.07) is 0. The van der Waals surface area contributed by atoms with Gasteiger partial charge in [-0.15, -0.1) is 0 Å². The molecule has 0 amide bonds. The minimum absolute atomic E-state index is 0.0744. The molecule has 0 saturated carbocycles. The molecular weight excluding hydrogens is 252 g/mol. The van der Waals surface area contributed by atoms with E-state index in [1.54, 1.807) is 0 Å². The summed E-state index contributed by atoms with van der Waals surface area (Å²) in [5.41, 5.74) is 0. The average Bonchev–Trinajstić information content (AvgIpc) is 2.30. The van der Waals surface area contributed by atoms with Gasteiger partial charge in [-0.2, -0.15) is 0 Å². The van der Waals surface area contributed by atoms with Crippen LogP contribution in [0, 0.1) is 5.92 Å². The van der Waals surface area contributed by atoms with Gasteiger partial charge in [0.05, 0.1) is 5.92 Å². The van der Waals surface area contributed by atoms with Gasteiger partial charge in [0.1, 0.15) is 0 Å². The van der Waals surface area contributed by atoms with Gasteiger partial charge in [-0.3, -0.25) is 14.4 Å². The Morgan fingerprint density at radius 3 is 1.53 bits per heavy atom. The molecular formula is C13H22O6. The second-order valence-electron chi connectivity index (χ2n) is 4.67. The SMILES string of the molecule is O=C(O)CCCCCC(CCCCC(=O)O)C(=O)O. The molecule has 110 valence electrons. The van der Waals surface area contributed by atoms with Crippen LogP contribution in [0.5, 0.6) is 0 Å². The summed E-state index contributed by atoms with van der Waals surface area (Å²) in [4.78, 5) is 31.6. The van der Waals surface area contributed by atoms with Crippen LogP contribution in [-0.4, -0.2) is 33.2 Å². The van der Waals surface area contributed by atoms with Crippen molar-refractivity contribution in [2.45, 2.75) is 57.8 Å². The number of carboxylic acid groups (broad SMARTS) is 3. The number of rotatable bonds is 12. The van der Waals surface area contributed by atoms with Crippen LogP contribution in [0.25, 0.3) is 0 Å². The molecule has 0 bridgehead atoms. The maximum absolute atomic E-state index is 11.0. The molecule has 0 aromatic heterocycles. The van der Waals surface area contributed by atoms with Crippen LogP contribution in [0.3, 0.4) is 0 Å². The van der Waals surface area contributed by atoms with Crippen molar-refractivity contribution in [3.8, 4) is 0 Å². The van der Waals surface area contributed by atoms with Crippen molar-refractivity contribution < 1.29 is 29.7 Å². The van der Waals surface area contributed by atoms with Crippen LogP contribution >= 0.6 is 0 Å². The molecule has 1 unspecified atom stereocenters. The predicted molar refractivity (Wildman–Crippen MR) is 68.0 cm³/mol. The van der Waals surface area contributed by atoms with Crippen LogP contribution in [0.2, 0.25) is 0 Å². The molecule has 0 aliphatic rings. The first-order chi connectivity index (χ1) is 8.93. The van der Waals surface area contributed by atoms with E-state index in [9.17, 15) is 14.4 Å². The number of unbranched alkanes of at least 4 members (excludes halogenated alkanes) is 3. The van der Waals surface area contributed by atoms with E-state index in [4.69, 9.17) is 15.3 Å². The lowest BCUT2D eigenvalue weighted by molar-refractivity contribution is -0.142. The Balaban J connectivity index is 3.71. The van der Waals surface area contributed by atoms with Gasteiger partial charge in [-0.1, -0.05) is 19.3 Å². The maximum atomic E-state index is 11.0. The van der Waals surface area contributed by atoms with Gasteiger partial charge in [-0.25, -0.2) is 0 Å². The number of aliphatic carboxylic acids is 3. The highest BCUT2D eigenvalue weighted by atomic mass is 16.4. The van der Waals surface area contributed by atoms with E-state index >= 15 is 0 Å². The van der Waals surface area contributed by atoms with E-state index in [1.807, 2.05) is 0 Å². The van der Waals surface area contributed by atoms with Crippen molar-refractivity contribution >= 4 is 17.9 Å². The summed E-state index contributed by atoms with van der Waals surface area (Å²) in [6.07, 6.45) is 4.29. The smallest absolute Gasteiger partial charge is 0.306 e. The second-order valence-corrected chi connectivity index (χ2v) is 4.67. The molecule has 0 heterocycles. The third-order valence-electron chi connectivity index (χ3n) is 2.99. The highest BCUT2D eigenvalue weighted by Gasteiger charge is 2.16. The topological polar surface area (TPSA) is 112 Å². The molecule has 19 heavy (non-hydrogen) atoms. The molecule has 6 nitrogen and oxygen atoms in total. The molecule has 6 heteroatoms. The van der Waals surface area contributed by atoms with Gasteiger partial charge < -0.3 is 15.3 Å². The molecule has 3 N–H and O–H groups in total. The Bertz CT molecular complexity index is 300. The van der Waals surface area contributed by atoms with Crippen LogP contribution in [-0.2, 0) is 14.4 Å². The Hall–Kier alpha value is -1.59. The quantitative estimate of drug-likeness (QED) is 0.471. The monoisotopic (exact) mass is 274 g/mol. The van der Waals surface area contributed by atoms with E-state index in [0.29, 0.717) is 44.9 Å². The molecule has 0 rings (SSSR count). The number of hydrogen-bond acceptors (Lipinski definition) is 3. The lowest BCUT2D eigenvalue weighted by atomic mass is 9.95. The first kappa shape index (κ1) is 17.4. The van der Waals surface area contributed by atoms with Gasteiger partial charge in [0, 0.05) is 12.8 Å². The van der Waals surface area contributed by atoms with Crippen molar-refractivity contribution in [2.24, 2.45) is 5.92 Å². The highest BCUT2D eigenvalue weighted by Crippen LogP contribution is 2.18. The van der Waals surface area contributed by atoms with Gasteiger partial charge in [0.2, 0.25) is 0 Å². The number of carboxylic acids is 3. The van der Waals surface area contributed by atoms with E-state index in [1.165, 1.54) is 0 Å². The van der Waals surface area contributed by atoms with Gasteiger partial charge in [0.15, 0.2) is 0 Å². The van der Waals surface area contributed by atoms with Crippen LogP contribution in [0.4, 0.5) is 0 Å². The predicted octanol–water partition coefficient (Wildman–Crippen LogP) is 2.37. The fourth-order valence-corrected chi connectivity index (χ4v) is 1.90. The minimum atomic E-state index is -0.861. The maximum Gasteiger partial charge on any atom is 0.306 e.